The van der Waals surface area contributed by atoms with Crippen LogP contribution in [0.15, 0.2) is 0 Å². The third-order valence-corrected chi connectivity index (χ3v) is 23.0. The summed E-state index contributed by atoms with van der Waals surface area (Å²) in [6, 6.07) is 0.232. The molecule has 10 unspecified atom stereocenters. The molecule has 80 heavy (non-hydrogen) atoms. The monoisotopic (exact) mass is 1160 g/mol. The van der Waals surface area contributed by atoms with Gasteiger partial charge in [-0.3, -0.25) is 33.1 Å². The molecular formula is C66H125NO12S. The molecule has 0 aromatic rings. The lowest BCUT2D eigenvalue weighted by atomic mass is 9.49. The van der Waals surface area contributed by atoms with Gasteiger partial charge < -0.3 is 19.3 Å². The Morgan fingerprint density at radius 3 is 1.65 bits per heavy atom. The lowest BCUT2D eigenvalue weighted by Gasteiger charge is -2.60. The first-order valence-electron chi connectivity index (χ1n) is 28.8. The van der Waals surface area contributed by atoms with Crippen LogP contribution in [-0.2, 0) is 52.5 Å². The number of carbonyl (C=O) groups excluding carboxylic acids is 5. The third-order valence-electron chi connectivity index (χ3n) is 21.2. The van der Waals surface area contributed by atoms with E-state index in [-0.39, 0.29) is 152 Å². The summed E-state index contributed by atoms with van der Waals surface area (Å²) in [5, 5.41) is 10.2. The van der Waals surface area contributed by atoms with Gasteiger partial charge in [-0.1, -0.05) is 121 Å². The van der Waals surface area contributed by atoms with Crippen LogP contribution >= 0.6 is 0 Å². The summed E-state index contributed by atoms with van der Waals surface area (Å²) in [6.07, 6.45) is 20.2. The van der Waals surface area contributed by atoms with Crippen LogP contribution in [0.4, 0.5) is 0 Å². The summed E-state index contributed by atoms with van der Waals surface area (Å²) in [6.45, 7) is 23.8. The summed E-state index contributed by atoms with van der Waals surface area (Å²) in [5.74, 6) is 4.41. The van der Waals surface area contributed by atoms with E-state index >= 15 is 0 Å². The highest BCUT2D eigenvalue weighted by Gasteiger charge is 2.66. The minimum absolute atomic E-state index is 0. The molecule has 1 N–H and O–H groups in total. The van der Waals surface area contributed by atoms with Crippen LogP contribution in [0.3, 0.4) is 0 Å². The van der Waals surface area contributed by atoms with Crippen LogP contribution in [0, 0.1) is 75.4 Å². The zero-order valence-electron chi connectivity index (χ0n) is 46.2. The Balaban J connectivity index is 0.00000101. The second-order valence-electron chi connectivity index (χ2n) is 27.3. The van der Waals surface area contributed by atoms with Crippen molar-refractivity contribution in [3.8, 4) is 0 Å². The number of aliphatic hydroxyl groups is 1. The highest BCUT2D eigenvalue weighted by atomic mass is 32.2. The Bertz CT molecular complexity index is 2140. The molecule has 0 spiro atoms. The van der Waals surface area contributed by atoms with Crippen LogP contribution < -0.4 is 0 Å². The summed E-state index contributed by atoms with van der Waals surface area (Å²) in [5.41, 5.74) is -2.26. The van der Waals surface area contributed by atoms with E-state index in [1.807, 2.05) is 69.2 Å². The Labute approximate surface area is 491 Å². The Morgan fingerprint density at radius 2 is 1.18 bits per heavy atom. The van der Waals surface area contributed by atoms with Gasteiger partial charge in [0.15, 0.2) is 0 Å². The molecule has 2 aliphatic heterocycles. The van der Waals surface area contributed by atoms with Gasteiger partial charge in [0.25, 0.3) is 10.1 Å². The maximum atomic E-state index is 12.6. The van der Waals surface area contributed by atoms with Crippen molar-refractivity contribution in [1.29, 1.82) is 0 Å². The number of carbonyl (C=O) groups is 5. The van der Waals surface area contributed by atoms with Gasteiger partial charge >= 0.3 is 17.9 Å². The third kappa shape index (κ3) is 14.4. The fraction of sp³-hybridized carbons (Fsp3) is 0.924. The van der Waals surface area contributed by atoms with Crippen molar-refractivity contribution in [2.45, 2.75) is 318 Å². The fourth-order valence-electron chi connectivity index (χ4n) is 16.0. The number of fused-ring (bicyclic) bond motifs is 2. The lowest BCUT2D eigenvalue weighted by Crippen LogP contribution is -2.63. The second-order valence-corrected chi connectivity index (χ2v) is 29.1. The molecule has 13 rings (SSSR count). The molecule has 10 bridgehead atoms. The molecule has 13 nitrogen and oxygen atoms in total. The number of likely N-dealkylation sites (tertiary alicyclic amines) is 1. The van der Waals surface area contributed by atoms with Gasteiger partial charge in [-0.25, -0.2) is 0 Å². The molecule has 472 valence electrons. The number of rotatable bonds is 12. The highest BCUT2D eigenvalue weighted by molar-refractivity contribution is 7.87. The maximum absolute atomic E-state index is 12.6. The largest absolute Gasteiger partial charge is 0.459 e. The predicted molar refractivity (Wildman–Crippen MR) is 327 cm³/mol. The van der Waals surface area contributed by atoms with E-state index in [1.54, 1.807) is 0 Å². The van der Waals surface area contributed by atoms with Gasteiger partial charge in [-0.15, -0.1) is 0 Å². The number of imide groups is 1. The fourth-order valence-corrected chi connectivity index (χ4v) is 17.9. The van der Waals surface area contributed by atoms with Crippen LogP contribution in [0.5, 0.6) is 0 Å². The predicted octanol–water partition coefficient (Wildman–Crippen LogP) is 15.8. The molecule has 11 saturated carbocycles. The van der Waals surface area contributed by atoms with Crippen molar-refractivity contribution >= 4 is 39.8 Å². The Kier molecular flexibility index (Phi) is 27.2. The van der Waals surface area contributed by atoms with Crippen LogP contribution in [0.25, 0.3) is 0 Å². The molecule has 0 aromatic heterocycles. The Hall–Kier alpha value is -2.58. The molecular weight excluding hydrogens is 1030 g/mol. The topological polar surface area (TPSA) is 180 Å². The zero-order valence-corrected chi connectivity index (χ0v) is 47.0. The van der Waals surface area contributed by atoms with Crippen LogP contribution in [0.1, 0.15) is 277 Å². The van der Waals surface area contributed by atoms with E-state index in [0.717, 1.165) is 88.9 Å². The average molecular weight is 1160 g/mol. The van der Waals surface area contributed by atoms with Gasteiger partial charge in [0.1, 0.15) is 23.4 Å². The van der Waals surface area contributed by atoms with Gasteiger partial charge in [0.05, 0.1) is 39.6 Å². The number of amides is 2. The summed E-state index contributed by atoms with van der Waals surface area (Å²) in [4.78, 5) is 62.2. The summed E-state index contributed by atoms with van der Waals surface area (Å²) < 4.78 is 46.5. The molecule has 10 atom stereocenters. The van der Waals surface area contributed by atoms with Gasteiger partial charge in [0.2, 0.25) is 11.8 Å². The van der Waals surface area contributed by atoms with E-state index in [4.69, 9.17) is 18.4 Å². The second kappa shape index (κ2) is 28.1. The van der Waals surface area contributed by atoms with Crippen molar-refractivity contribution in [2.75, 3.05) is 0 Å². The first kappa shape index (κ1) is 77.4. The molecule has 13 fully saturated rings. The van der Waals surface area contributed by atoms with E-state index in [9.17, 15) is 37.5 Å². The smallest absolute Gasteiger partial charge is 0.312 e. The van der Waals surface area contributed by atoms with Gasteiger partial charge in [-0.05, 0) is 185 Å². The number of nitrogens with zero attached hydrogens (tertiary/aromatic N) is 1. The average Bonchev–Trinajstić information content (AvgIpc) is 4.07. The Morgan fingerprint density at radius 1 is 0.675 bits per heavy atom. The molecule has 0 radical (unpaired) electrons. The SMILES string of the molecule is C.C.C.C.C.C.C.C.CCC(C)(C)C(=O)N1C(=O)C2CCCC21.CCC(C)(C)C(=O)OC1(CC)C2CC3CC(C2)CC1C3.CCC(C)(C)C(=O)OC1C2CC3C1OS(=O)(=O)C3C2.CCC(C)C(=O)OC12CC3CC(CC(O)(C3)C1)C2. The van der Waals surface area contributed by atoms with Crippen molar-refractivity contribution in [3.63, 3.8) is 0 Å². The number of β-lactam (4-membered cyclic amide) rings is 1. The molecule has 2 amide bonds. The van der Waals surface area contributed by atoms with Crippen molar-refractivity contribution < 1.29 is 55.9 Å². The molecule has 14 heteroatoms. The highest BCUT2D eigenvalue weighted by Crippen LogP contribution is 2.62. The molecule has 2 saturated heterocycles. The van der Waals surface area contributed by atoms with E-state index < -0.39 is 27.2 Å². The van der Waals surface area contributed by atoms with Crippen molar-refractivity contribution in [3.05, 3.63) is 0 Å². The molecule has 0 aromatic carbocycles. The molecule has 2 heterocycles. The van der Waals surface area contributed by atoms with E-state index in [0.29, 0.717) is 42.9 Å². The number of hydrogen-bond acceptors (Lipinski definition) is 12. The van der Waals surface area contributed by atoms with Crippen molar-refractivity contribution in [1.82, 2.24) is 4.90 Å². The van der Waals surface area contributed by atoms with Crippen molar-refractivity contribution in [2.24, 2.45) is 75.4 Å². The zero-order chi connectivity index (χ0) is 52.7. The maximum Gasteiger partial charge on any atom is 0.312 e. The van der Waals surface area contributed by atoms with E-state index in [1.165, 1.54) is 43.4 Å². The quantitative estimate of drug-likeness (QED) is 0.0847. The summed E-state index contributed by atoms with van der Waals surface area (Å²) >= 11 is 0. The molecule has 13 aliphatic rings. The minimum Gasteiger partial charge on any atom is -0.459 e. The van der Waals surface area contributed by atoms with Gasteiger partial charge in [0, 0.05) is 23.7 Å². The van der Waals surface area contributed by atoms with E-state index in [2.05, 4.69) is 13.8 Å². The first-order valence-corrected chi connectivity index (χ1v) is 30.3. The van der Waals surface area contributed by atoms with Crippen LogP contribution in [0.2, 0.25) is 0 Å². The number of ether oxygens (including phenoxy) is 3. The minimum atomic E-state index is -3.43. The number of esters is 3. The lowest BCUT2D eigenvalue weighted by molar-refractivity contribution is -0.222. The molecule has 11 aliphatic carbocycles. The summed E-state index contributed by atoms with van der Waals surface area (Å²) in [7, 11) is -3.43. The van der Waals surface area contributed by atoms with Crippen LogP contribution in [-0.4, -0.2) is 88.4 Å². The standard InChI is InChI=1S/C18H30O2.C15H24O3.C13H20O5S.C12H19NO2.8CH4/c1-5-17(3,4)16(19)20-18(6-2)14-8-12-7-13(10-14)11-15(18)9-12;1-3-10(2)13(16)18-15-7-11-4-12(8-15)6-14(17,5-11)9-15;1-4-13(2,3)12(14)17-10-7-5-8-9(6-7)19(15,16)18-11(8)10;1-4-12(2,3)11(15)13-9-7-5-6-8(9)10(13)14;;;;;;;;/h12-15H,5-11H2,1-4H3;10-12,17H,3-9H2,1-2H3;7-11H,4-6H2,1-3H3;8-9H,4-7H2,1-3H3;8*1H4. The number of hydrogen-bond donors (Lipinski definition) is 1. The first-order chi connectivity index (χ1) is 33.6. The van der Waals surface area contributed by atoms with Gasteiger partial charge in [-0.2, -0.15) is 8.42 Å². The normalized spacial score (nSPS) is 37.0.